The normalized spacial score (nSPS) is 16.1. The molecular weight excluding hydrogens is 340 g/mol. The molecule has 1 N–H and O–H groups in total. The Bertz CT molecular complexity index is 710. The zero-order valence-corrected chi connectivity index (χ0v) is 15.9. The third kappa shape index (κ3) is 5.55. The molecule has 2 aromatic carbocycles. The average Bonchev–Trinajstić information content (AvgIpc) is 2.73. The van der Waals surface area contributed by atoms with E-state index in [4.69, 9.17) is 4.74 Å². The molecule has 1 aliphatic rings. The summed E-state index contributed by atoms with van der Waals surface area (Å²) >= 11 is 0. The Labute approximate surface area is 161 Å². The van der Waals surface area contributed by atoms with Crippen molar-refractivity contribution in [1.82, 2.24) is 9.80 Å². The number of rotatable bonds is 7. The van der Waals surface area contributed by atoms with Crippen LogP contribution in [-0.2, 0) is 11.2 Å². The monoisotopic (exact) mass is 368 g/mol. The van der Waals surface area contributed by atoms with Crippen LogP contribution >= 0.6 is 0 Å². The topological polar surface area (TPSA) is 53.0 Å². The molecule has 0 saturated carbocycles. The lowest BCUT2D eigenvalue weighted by Crippen LogP contribution is -2.49. The zero-order chi connectivity index (χ0) is 19.1. The van der Waals surface area contributed by atoms with E-state index < -0.39 is 6.10 Å². The largest absolute Gasteiger partial charge is 0.497 e. The molecule has 0 bridgehead atoms. The summed E-state index contributed by atoms with van der Waals surface area (Å²) in [6, 6.07) is 17.6. The van der Waals surface area contributed by atoms with E-state index in [1.54, 1.807) is 7.11 Å². The first-order chi connectivity index (χ1) is 13.2. The van der Waals surface area contributed by atoms with Crippen LogP contribution in [0.4, 0.5) is 0 Å². The number of hydrogen-bond acceptors (Lipinski definition) is 4. The molecule has 27 heavy (non-hydrogen) atoms. The second-order valence-corrected chi connectivity index (χ2v) is 6.96. The van der Waals surface area contributed by atoms with Gasteiger partial charge in [0, 0.05) is 39.1 Å². The fourth-order valence-electron chi connectivity index (χ4n) is 3.41. The standard InChI is InChI=1S/C22H28N2O3/c1-27-20-10-7-18(8-11-20)9-12-22(26)24-15-13-23(14-16-24)17-21(25)19-5-3-2-4-6-19/h2-8,10-11,21,25H,9,12-17H2,1H3/t21-/m1/s1. The van der Waals surface area contributed by atoms with Crippen LogP contribution in [0.2, 0.25) is 0 Å². The molecule has 1 fully saturated rings. The fraction of sp³-hybridized carbons (Fsp3) is 0.409. The number of hydrogen-bond donors (Lipinski definition) is 1. The minimum Gasteiger partial charge on any atom is -0.497 e. The number of ether oxygens (including phenoxy) is 1. The smallest absolute Gasteiger partial charge is 0.222 e. The highest BCUT2D eigenvalue weighted by atomic mass is 16.5. The number of β-amino-alcohol motifs (C(OH)–C–C–N with tert-alkyl or cyclic N) is 1. The van der Waals surface area contributed by atoms with Crippen molar-refractivity contribution in [3.05, 3.63) is 65.7 Å². The second-order valence-electron chi connectivity index (χ2n) is 6.96. The van der Waals surface area contributed by atoms with Crippen LogP contribution in [0.3, 0.4) is 0 Å². The molecule has 1 amide bonds. The maximum absolute atomic E-state index is 12.5. The van der Waals surface area contributed by atoms with Crippen LogP contribution < -0.4 is 4.74 Å². The molecule has 0 unspecified atom stereocenters. The molecule has 5 heteroatoms. The van der Waals surface area contributed by atoms with Crippen molar-refractivity contribution in [1.29, 1.82) is 0 Å². The van der Waals surface area contributed by atoms with Gasteiger partial charge in [-0.15, -0.1) is 0 Å². The number of carbonyl (C=O) groups is 1. The summed E-state index contributed by atoms with van der Waals surface area (Å²) in [7, 11) is 1.65. The predicted octanol–water partition coefficient (Wildman–Crippen LogP) is 2.51. The molecule has 1 heterocycles. The number of aliphatic hydroxyl groups excluding tert-OH is 1. The summed E-state index contributed by atoms with van der Waals surface area (Å²) in [5.41, 5.74) is 2.09. The minimum atomic E-state index is -0.483. The van der Waals surface area contributed by atoms with Gasteiger partial charge in [-0.3, -0.25) is 9.69 Å². The van der Waals surface area contributed by atoms with Gasteiger partial charge >= 0.3 is 0 Å². The van der Waals surface area contributed by atoms with Crippen molar-refractivity contribution in [2.24, 2.45) is 0 Å². The Hall–Kier alpha value is -2.37. The first-order valence-electron chi connectivity index (χ1n) is 9.52. The van der Waals surface area contributed by atoms with Gasteiger partial charge in [0.05, 0.1) is 13.2 Å². The summed E-state index contributed by atoms with van der Waals surface area (Å²) in [4.78, 5) is 16.6. The van der Waals surface area contributed by atoms with Gasteiger partial charge in [0.15, 0.2) is 0 Å². The lowest BCUT2D eigenvalue weighted by atomic mass is 10.1. The minimum absolute atomic E-state index is 0.203. The SMILES string of the molecule is COc1ccc(CCC(=O)N2CCN(C[C@@H](O)c3ccccc3)CC2)cc1. The summed E-state index contributed by atoms with van der Waals surface area (Å²) in [5.74, 6) is 1.04. The van der Waals surface area contributed by atoms with Gasteiger partial charge in [-0.1, -0.05) is 42.5 Å². The number of benzene rings is 2. The Morgan fingerprint density at radius 1 is 1.04 bits per heavy atom. The van der Waals surface area contributed by atoms with E-state index in [-0.39, 0.29) is 5.91 Å². The van der Waals surface area contributed by atoms with Crippen molar-refractivity contribution in [2.45, 2.75) is 18.9 Å². The van der Waals surface area contributed by atoms with Gasteiger partial charge in [-0.25, -0.2) is 0 Å². The molecule has 0 radical (unpaired) electrons. The third-order valence-corrected chi connectivity index (χ3v) is 5.13. The van der Waals surface area contributed by atoms with Crippen LogP contribution in [0.5, 0.6) is 5.75 Å². The Kier molecular flexibility index (Phi) is 6.85. The van der Waals surface area contributed by atoms with Gasteiger partial charge in [-0.05, 0) is 29.7 Å². The summed E-state index contributed by atoms with van der Waals surface area (Å²) in [6.07, 6.45) is 0.790. The van der Waals surface area contributed by atoms with Crippen LogP contribution in [-0.4, -0.2) is 60.6 Å². The van der Waals surface area contributed by atoms with Crippen molar-refractivity contribution in [3.8, 4) is 5.75 Å². The fourth-order valence-corrected chi connectivity index (χ4v) is 3.41. The molecule has 1 aliphatic heterocycles. The number of methoxy groups -OCH3 is 1. The van der Waals surface area contributed by atoms with Gasteiger partial charge in [0.25, 0.3) is 0 Å². The lowest BCUT2D eigenvalue weighted by Gasteiger charge is -2.35. The quantitative estimate of drug-likeness (QED) is 0.816. The molecule has 3 rings (SSSR count). The number of amides is 1. The number of aryl methyl sites for hydroxylation is 1. The summed E-state index contributed by atoms with van der Waals surface area (Å²) < 4.78 is 5.16. The number of carbonyl (C=O) groups excluding carboxylic acids is 1. The van der Waals surface area contributed by atoms with Crippen LogP contribution in [0.25, 0.3) is 0 Å². The third-order valence-electron chi connectivity index (χ3n) is 5.13. The van der Waals surface area contributed by atoms with Gasteiger partial charge in [-0.2, -0.15) is 0 Å². The Morgan fingerprint density at radius 2 is 1.70 bits per heavy atom. The molecule has 0 aromatic heterocycles. The molecule has 5 nitrogen and oxygen atoms in total. The highest BCUT2D eigenvalue weighted by molar-refractivity contribution is 5.76. The van der Waals surface area contributed by atoms with Crippen LogP contribution in [0, 0.1) is 0 Å². The first-order valence-corrected chi connectivity index (χ1v) is 9.52. The summed E-state index contributed by atoms with van der Waals surface area (Å²) in [6.45, 7) is 3.67. The van der Waals surface area contributed by atoms with Crippen molar-refractivity contribution in [3.63, 3.8) is 0 Å². The second kappa shape index (κ2) is 9.53. The Balaban J connectivity index is 1.41. The van der Waals surface area contributed by atoms with E-state index in [9.17, 15) is 9.90 Å². The summed E-state index contributed by atoms with van der Waals surface area (Å²) in [5, 5.41) is 10.4. The van der Waals surface area contributed by atoms with Crippen LogP contribution in [0.15, 0.2) is 54.6 Å². The molecular formula is C22H28N2O3. The molecule has 0 spiro atoms. The lowest BCUT2D eigenvalue weighted by molar-refractivity contribution is -0.133. The molecule has 144 valence electrons. The van der Waals surface area contributed by atoms with Gasteiger partial charge in [0.1, 0.15) is 5.75 Å². The van der Waals surface area contributed by atoms with Gasteiger partial charge < -0.3 is 14.7 Å². The van der Waals surface area contributed by atoms with E-state index in [1.807, 2.05) is 59.5 Å². The maximum atomic E-state index is 12.5. The predicted molar refractivity (Wildman–Crippen MR) is 106 cm³/mol. The molecule has 1 atom stereocenters. The van der Waals surface area contributed by atoms with Gasteiger partial charge in [0.2, 0.25) is 5.91 Å². The van der Waals surface area contributed by atoms with E-state index in [0.29, 0.717) is 13.0 Å². The highest BCUT2D eigenvalue weighted by Crippen LogP contribution is 2.16. The molecule has 1 saturated heterocycles. The first kappa shape index (κ1) is 19.4. The van der Waals surface area contributed by atoms with Crippen molar-refractivity contribution >= 4 is 5.91 Å². The Morgan fingerprint density at radius 3 is 2.33 bits per heavy atom. The molecule has 2 aromatic rings. The van der Waals surface area contributed by atoms with E-state index >= 15 is 0 Å². The van der Waals surface area contributed by atoms with Crippen molar-refractivity contribution in [2.75, 3.05) is 39.8 Å². The average molecular weight is 368 g/mol. The van der Waals surface area contributed by atoms with Crippen molar-refractivity contribution < 1.29 is 14.6 Å². The number of piperazine rings is 1. The van der Waals surface area contributed by atoms with Crippen LogP contribution in [0.1, 0.15) is 23.7 Å². The zero-order valence-electron chi connectivity index (χ0n) is 15.9. The van der Waals surface area contributed by atoms with E-state index in [2.05, 4.69) is 4.90 Å². The highest BCUT2D eigenvalue weighted by Gasteiger charge is 2.22. The van der Waals surface area contributed by atoms with E-state index in [1.165, 1.54) is 0 Å². The van der Waals surface area contributed by atoms with E-state index in [0.717, 1.165) is 49.5 Å². The number of aliphatic hydroxyl groups is 1. The number of nitrogens with zero attached hydrogens (tertiary/aromatic N) is 2. The maximum Gasteiger partial charge on any atom is 0.222 e. The molecule has 0 aliphatic carbocycles.